The lowest BCUT2D eigenvalue weighted by atomic mass is 9.89. The van der Waals surface area contributed by atoms with Crippen LogP contribution in [0.1, 0.15) is 47.5 Å². The fourth-order valence-corrected chi connectivity index (χ4v) is 4.49. The van der Waals surface area contributed by atoms with Crippen LogP contribution in [0.4, 0.5) is 0 Å². The second-order valence-electron chi connectivity index (χ2n) is 9.84. The van der Waals surface area contributed by atoms with Crippen molar-refractivity contribution < 1.29 is 26.9 Å². The van der Waals surface area contributed by atoms with Crippen LogP contribution in [0.5, 0.6) is 0 Å². The highest BCUT2D eigenvalue weighted by molar-refractivity contribution is 7.84. The summed E-state index contributed by atoms with van der Waals surface area (Å²) in [5.41, 5.74) is -0.162. The van der Waals surface area contributed by atoms with E-state index in [0.29, 0.717) is 12.1 Å². The number of methoxy groups -OCH3 is 1. The first-order valence-electron chi connectivity index (χ1n) is 10.4. The number of allylic oxidation sites excluding steroid dienone is 4. The minimum Gasteiger partial charge on any atom is -0.501 e. The quantitative estimate of drug-likeness (QED) is 0.493. The van der Waals surface area contributed by atoms with Gasteiger partial charge in [0.15, 0.2) is 0 Å². The number of hydrogen-bond acceptors (Lipinski definition) is 7. The van der Waals surface area contributed by atoms with Crippen LogP contribution in [0.25, 0.3) is 0 Å². The molecule has 2 rings (SSSR count). The first kappa shape index (κ1) is 25.4. The Kier molecular flexibility index (Phi) is 7.66. The fourth-order valence-electron chi connectivity index (χ4n) is 3.22. The second-order valence-corrected chi connectivity index (χ2v) is 11.3. The summed E-state index contributed by atoms with van der Waals surface area (Å²) in [6.45, 7) is 8.98. The van der Waals surface area contributed by atoms with Crippen LogP contribution < -0.4 is 0 Å². The maximum atomic E-state index is 13.1. The van der Waals surface area contributed by atoms with Crippen LogP contribution in [-0.2, 0) is 28.8 Å². The predicted octanol–water partition coefficient (Wildman–Crippen LogP) is 3.20. The van der Waals surface area contributed by atoms with Gasteiger partial charge in [-0.2, -0.15) is 8.42 Å². The Bertz CT molecular complexity index is 878. The molecule has 1 aliphatic heterocycles. The molecule has 2 aliphatic rings. The van der Waals surface area contributed by atoms with Crippen molar-refractivity contribution in [2.75, 3.05) is 34.4 Å². The fraction of sp³-hybridized carbons (Fsp3) is 0.682. The Labute approximate surface area is 186 Å². The number of carbonyl (C=O) groups excluding carboxylic acids is 1. The van der Waals surface area contributed by atoms with Crippen molar-refractivity contribution in [1.29, 1.82) is 0 Å². The molecule has 0 aromatic rings. The lowest BCUT2D eigenvalue weighted by Gasteiger charge is -2.29. The van der Waals surface area contributed by atoms with Crippen LogP contribution in [0.15, 0.2) is 35.4 Å². The summed E-state index contributed by atoms with van der Waals surface area (Å²) in [6.07, 6.45) is 6.49. The van der Waals surface area contributed by atoms with Crippen molar-refractivity contribution in [3.8, 4) is 0 Å². The van der Waals surface area contributed by atoms with Crippen LogP contribution >= 0.6 is 0 Å². The Morgan fingerprint density at radius 3 is 2.39 bits per heavy atom. The molecule has 176 valence electrons. The zero-order chi connectivity index (χ0) is 23.6. The third kappa shape index (κ3) is 6.57. The van der Waals surface area contributed by atoms with E-state index < -0.39 is 27.3 Å². The Hall–Kier alpha value is -1.84. The summed E-state index contributed by atoms with van der Waals surface area (Å²) in [5.74, 6) is 0.203. The molecule has 1 aliphatic carbocycles. The molecule has 1 heterocycles. The summed E-state index contributed by atoms with van der Waals surface area (Å²) in [7, 11) is 1.42. The van der Waals surface area contributed by atoms with Gasteiger partial charge in [0.1, 0.15) is 5.60 Å². The molecule has 0 fully saturated rings. The molecule has 1 unspecified atom stereocenters. The first-order valence-corrected chi connectivity index (χ1v) is 11.7. The van der Waals surface area contributed by atoms with E-state index in [9.17, 15) is 13.2 Å². The summed E-state index contributed by atoms with van der Waals surface area (Å²) < 4.78 is 43.5. The van der Waals surface area contributed by atoms with Gasteiger partial charge in [0.05, 0.1) is 24.9 Å². The number of esters is 1. The standard InChI is InChI=1S/C22H36N2O6S/c1-21(2,3)30-20(25)22(4,5)15-29-31(26,27)24-14-16(11-12-23(6)7)18-13-17(28-8)9-10-19(18)24/h9-10,14,18H,11-13,15H2,1-8H3. The number of rotatable bonds is 9. The zero-order valence-corrected chi connectivity index (χ0v) is 20.7. The highest BCUT2D eigenvalue weighted by Crippen LogP contribution is 2.42. The van der Waals surface area contributed by atoms with Crippen LogP contribution in [0, 0.1) is 11.3 Å². The molecule has 9 heteroatoms. The molecule has 31 heavy (non-hydrogen) atoms. The normalized spacial score (nSPS) is 19.6. The third-order valence-electron chi connectivity index (χ3n) is 5.06. The minimum absolute atomic E-state index is 0.0860. The van der Waals surface area contributed by atoms with Crippen molar-refractivity contribution in [3.63, 3.8) is 0 Å². The van der Waals surface area contributed by atoms with E-state index in [1.807, 2.05) is 14.1 Å². The van der Waals surface area contributed by atoms with Crippen molar-refractivity contribution in [3.05, 3.63) is 35.4 Å². The Morgan fingerprint density at radius 1 is 1.19 bits per heavy atom. The molecular weight excluding hydrogens is 420 g/mol. The molecule has 1 atom stereocenters. The second kappa shape index (κ2) is 9.34. The van der Waals surface area contributed by atoms with E-state index in [1.54, 1.807) is 60.1 Å². The zero-order valence-electron chi connectivity index (χ0n) is 19.9. The molecule has 0 saturated heterocycles. The number of carbonyl (C=O) groups is 1. The first-order chi connectivity index (χ1) is 14.2. The van der Waals surface area contributed by atoms with Gasteiger partial charge in [0.2, 0.25) is 0 Å². The van der Waals surface area contributed by atoms with Gasteiger partial charge in [-0.1, -0.05) is 0 Å². The van der Waals surface area contributed by atoms with E-state index in [2.05, 4.69) is 4.90 Å². The van der Waals surface area contributed by atoms with Gasteiger partial charge >= 0.3 is 16.3 Å². The van der Waals surface area contributed by atoms with Gasteiger partial charge in [0, 0.05) is 30.8 Å². The van der Waals surface area contributed by atoms with Gasteiger partial charge in [-0.05, 0) is 72.9 Å². The third-order valence-corrected chi connectivity index (χ3v) is 6.27. The molecule has 0 amide bonds. The summed E-state index contributed by atoms with van der Waals surface area (Å²) in [6, 6.07) is 0. The lowest BCUT2D eigenvalue weighted by Crippen LogP contribution is -2.39. The minimum atomic E-state index is -4.14. The SMILES string of the molecule is COC1=CC=C2C(C1)C(CCN(C)C)=CN2S(=O)(=O)OCC(C)(C)C(=O)OC(C)(C)C. The van der Waals surface area contributed by atoms with Gasteiger partial charge in [-0.25, -0.2) is 4.31 Å². The predicted molar refractivity (Wildman–Crippen MR) is 119 cm³/mol. The Morgan fingerprint density at radius 2 is 1.84 bits per heavy atom. The lowest BCUT2D eigenvalue weighted by molar-refractivity contribution is -0.167. The number of ether oxygens (including phenoxy) is 2. The van der Waals surface area contributed by atoms with Crippen molar-refractivity contribution in [1.82, 2.24) is 9.21 Å². The molecule has 0 N–H and O–H groups in total. The van der Waals surface area contributed by atoms with Crippen molar-refractivity contribution in [2.45, 2.75) is 53.1 Å². The van der Waals surface area contributed by atoms with Crippen LogP contribution in [0.3, 0.4) is 0 Å². The summed E-state index contributed by atoms with van der Waals surface area (Å²) in [5, 5.41) is 0. The smallest absolute Gasteiger partial charge is 0.366 e. The largest absolute Gasteiger partial charge is 0.501 e. The Balaban J connectivity index is 2.22. The molecule has 0 aromatic heterocycles. The number of fused-ring (bicyclic) bond motifs is 1. The average molecular weight is 457 g/mol. The monoisotopic (exact) mass is 456 g/mol. The van der Waals surface area contributed by atoms with Gasteiger partial charge in [0.25, 0.3) is 0 Å². The van der Waals surface area contributed by atoms with E-state index in [1.165, 1.54) is 4.31 Å². The molecule has 0 radical (unpaired) electrons. The topological polar surface area (TPSA) is 85.4 Å². The molecule has 0 bridgehead atoms. The van der Waals surface area contributed by atoms with Gasteiger partial charge in [-0.3, -0.25) is 8.98 Å². The van der Waals surface area contributed by atoms with Crippen LogP contribution in [-0.4, -0.2) is 63.6 Å². The van der Waals surface area contributed by atoms with E-state index in [0.717, 1.165) is 24.3 Å². The highest BCUT2D eigenvalue weighted by atomic mass is 32.2. The number of nitrogens with zero attached hydrogens (tertiary/aromatic N) is 2. The molecule has 0 aromatic carbocycles. The number of hydrogen-bond donors (Lipinski definition) is 0. The maximum Gasteiger partial charge on any atom is 0.366 e. The maximum absolute atomic E-state index is 13.1. The van der Waals surface area contributed by atoms with Gasteiger partial charge < -0.3 is 14.4 Å². The summed E-state index contributed by atoms with van der Waals surface area (Å²) in [4.78, 5) is 14.5. The molecule has 8 nitrogen and oxygen atoms in total. The van der Waals surface area contributed by atoms with Crippen molar-refractivity contribution >= 4 is 16.3 Å². The van der Waals surface area contributed by atoms with E-state index >= 15 is 0 Å². The van der Waals surface area contributed by atoms with Gasteiger partial charge in [-0.15, -0.1) is 0 Å². The van der Waals surface area contributed by atoms with E-state index in [-0.39, 0.29) is 12.5 Å². The summed E-state index contributed by atoms with van der Waals surface area (Å²) >= 11 is 0. The van der Waals surface area contributed by atoms with Crippen LogP contribution in [0.2, 0.25) is 0 Å². The van der Waals surface area contributed by atoms with Crippen molar-refractivity contribution in [2.24, 2.45) is 11.3 Å². The van der Waals surface area contributed by atoms with E-state index in [4.69, 9.17) is 13.7 Å². The average Bonchev–Trinajstić information content (AvgIpc) is 3.02. The highest BCUT2D eigenvalue weighted by Gasteiger charge is 2.41. The molecule has 0 spiro atoms. The molecular formula is C22H36N2O6S. The molecule has 0 saturated carbocycles.